The van der Waals surface area contributed by atoms with E-state index in [0.29, 0.717) is 0 Å². The van der Waals surface area contributed by atoms with Crippen molar-refractivity contribution in [3.63, 3.8) is 0 Å². The number of nitrogen functional groups attached to an aromatic ring is 3. The normalized spacial score (nSPS) is 31.2. The molecule has 39 nitrogen and oxygen atoms in total. The quantitative estimate of drug-likeness (QED) is 0.0269. The molecule has 3 aliphatic heterocycles. The number of phosphoric acid groups is 4. The van der Waals surface area contributed by atoms with Crippen LogP contribution in [0.25, 0.3) is 33.5 Å². The molecular weight excluding hydrogens is 1110 g/mol. The van der Waals surface area contributed by atoms with E-state index >= 15 is 0 Å². The van der Waals surface area contributed by atoms with Gasteiger partial charge in [-0.05, 0) is 6.92 Å². The maximum Gasteiger partial charge on any atom is 0.490 e. The van der Waals surface area contributed by atoms with Gasteiger partial charge in [-0.3, -0.25) is 51.4 Å². The molecule has 416 valence electrons. The Morgan fingerprint density at radius 3 is 1.97 bits per heavy atom. The van der Waals surface area contributed by atoms with Crippen LogP contribution in [0.3, 0.4) is 0 Å². The molecule has 76 heavy (non-hydrogen) atoms. The Kier molecular flexibility index (Phi) is 14.8. The van der Waals surface area contributed by atoms with Crippen molar-refractivity contribution in [1.29, 1.82) is 0 Å². The van der Waals surface area contributed by atoms with Crippen LogP contribution in [0.2, 0.25) is 0 Å². The fourth-order valence-corrected chi connectivity index (χ4v) is 13.0. The van der Waals surface area contributed by atoms with Crippen LogP contribution in [-0.4, -0.2) is 175 Å². The largest absolute Gasteiger partial charge is 0.490 e. The summed E-state index contributed by atoms with van der Waals surface area (Å²) in [5.41, 5.74) is 13.2. The van der Waals surface area contributed by atoms with E-state index in [-0.39, 0.29) is 51.2 Å². The first-order valence-corrected chi connectivity index (χ1v) is 27.5. The van der Waals surface area contributed by atoms with E-state index < -0.39 is 135 Å². The molecule has 0 radical (unpaired) electrons. The van der Waals surface area contributed by atoms with Gasteiger partial charge >= 0.3 is 36.9 Å². The number of aliphatic hydroxyl groups excluding tert-OH is 3. The monoisotopic (exact) mass is 1160 g/mol. The summed E-state index contributed by atoms with van der Waals surface area (Å²) < 4.78 is 109. The van der Waals surface area contributed by atoms with Crippen LogP contribution in [0.4, 0.5) is 17.7 Å². The van der Waals surface area contributed by atoms with E-state index in [0.717, 1.165) is 42.1 Å². The van der Waals surface area contributed by atoms with Crippen LogP contribution in [0.15, 0.2) is 34.9 Å². The number of nitrogens with zero attached hydrogens (tertiary/aromatic N) is 10. The van der Waals surface area contributed by atoms with E-state index in [1.54, 1.807) is 0 Å². The summed E-state index contributed by atoms with van der Waals surface area (Å²) in [5.74, 6) is -0.721. The highest BCUT2D eigenvalue weighted by atomic mass is 31.3. The third kappa shape index (κ3) is 10.7. The average Bonchev–Trinajstić information content (AvgIpc) is 4.16. The zero-order valence-corrected chi connectivity index (χ0v) is 42.5. The van der Waals surface area contributed by atoms with Crippen LogP contribution in [0, 0.1) is 0 Å². The predicted octanol–water partition coefficient (Wildman–Crippen LogP) is -4.32. The minimum Gasteiger partial charge on any atom is -0.387 e. The van der Waals surface area contributed by atoms with Crippen molar-refractivity contribution in [3.8, 4) is 0 Å². The first-order valence-electron chi connectivity index (χ1n) is 21.5. The van der Waals surface area contributed by atoms with Gasteiger partial charge in [-0.1, -0.05) is 4.98 Å². The minimum atomic E-state index is -6.22. The molecular formula is C33H46N15O24P4+. The van der Waals surface area contributed by atoms with Crippen molar-refractivity contribution in [2.24, 2.45) is 7.05 Å². The van der Waals surface area contributed by atoms with Gasteiger partial charge in [0, 0.05) is 7.11 Å². The first-order chi connectivity index (χ1) is 35.5. The summed E-state index contributed by atoms with van der Waals surface area (Å²) in [6.45, 7) is -2.32. The van der Waals surface area contributed by atoms with Crippen molar-refractivity contribution < 1.29 is 108 Å². The second kappa shape index (κ2) is 20.3. The Labute approximate surface area is 421 Å². The summed E-state index contributed by atoms with van der Waals surface area (Å²) in [5, 5.41) is 43.9. The summed E-state index contributed by atoms with van der Waals surface area (Å²) in [6, 6.07) is 0. The van der Waals surface area contributed by atoms with E-state index in [1.165, 1.54) is 22.5 Å². The highest BCUT2D eigenvalue weighted by Crippen LogP contribution is 2.68. The molecule has 3 fully saturated rings. The number of H-pyrrole nitrogens is 2. The van der Waals surface area contributed by atoms with Gasteiger partial charge in [-0.25, -0.2) is 42.8 Å². The second-order valence-corrected chi connectivity index (χ2v) is 23.2. The van der Waals surface area contributed by atoms with Gasteiger partial charge in [0.15, 0.2) is 41.4 Å². The fraction of sp³-hybridized carbons (Fsp3) is 0.545. The third-order valence-corrected chi connectivity index (χ3v) is 17.2. The topological polar surface area (TPSA) is 562 Å². The van der Waals surface area contributed by atoms with Crippen LogP contribution < -0.4 is 32.9 Å². The maximum atomic E-state index is 13.7. The number of nitrogens with two attached hydrogens (primary N) is 3. The SMILES string of the molecule is CO[C@H]1C(OP(=O)(O)OC[C@H]2O[C@@H](n3cnc4c(=O)[nH]c(N)nc43)[C@@H](O)C2O)[C@@H](COP(=O)(O)OP(=O)(O)OP(=O)(O)OC[C@H]2O[C@@H]([n+]3cn(C)c4c(=O)[nH]c(N)nc43)C(C)(O)[C@H]2O)O[C@H]1n1cnc2c(N)ncnc21. The van der Waals surface area contributed by atoms with Gasteiger partial charge in [0.1, 0.15) is 66.3 Å². The molecule has 6 aromatic rings. The molecule has 6 aromatic heterocycles. The molecule has 0 aromatic carbocycles. The number of rotatable bonds is 19. The number of hydrogen-bond acceptors (Lipinski definition) is 29. The molecule has 16 N–H and O–H groups in total. The van der Waals surface area contributed by atoms with Crippen LogP contribution in [0.1, 0.15) is 25.6 Å². The number of nitrogens with one attached hydrogen (secondary N) is 2. The lowest BCUT2D eigenvalue weighted by atomic mass is 9.96. The maximum absolute atomic E-state index is 13.7. The van der Waals surface area contributed by atoms with E-state index in [4.69, 9.17) is 54.2 Å². The molecule has 0 spiro atoms. The van der Waals surface area contributed by atoms with Crippen LogP contribution >= 0.6 is 31.3 Å². The van der Waals surface area contributed by atoms with Crippen molar-refractivity contribution >= 4 is 82.5 Å². The van der Waals surface area contributed by atoms with Crippen molar-refractivity contribution in [1.82, 2.24) is 53.6 Å². The number of anilines is 3. The first kappa shape index (κ1) is 55.6. The van der Waals surface area contributed by atoms with E-state index in [1.807, 2.05) is 0 Å². The number of imidazole rings is 3. The average molecular weight is 1160 g/mol. The summed E-state index contributed by atoms with van der Waals surface area (Å²) in [7, 11) is -21.0. The van der Waals surface area contributed by atoms with Crippen molar-refractivity contribution in [3.05, 3.63) is 46.0 Å². The number of aromatic nitrogens is 12. The Morgan fingerprint density at radius 1 is 0.724 bits per heavy atom. The standard InChI is InChI=1S/C33H45N15O24P4/c1-33(54)21(51)13(69-30(33)48-10-45(2)16-25(48)42-32(36)44-27(16)53)6-66-75(59,60)72-76(61,62)71-74(57,58)65-5-12-19(20(63-3)29(68-12)46-8-39-14-22(34)37-7-38-23(14)46)70-73(55,56)64-4-11-17(49)18(50)28(67-11)47-9-40-15-24(47)41-31(35)43-26(15)52/h7-13,17-21,28-30,49-51,54H,4-6H2,1-3H3,(H11-,34,35,36,37,38,41,42,43,44,52,53,55,56,57,58,59,60,61,62)/p+1/t11-,12-,13-,17?,18+,19?,20+,21+,28-,29-,30-,33?/m1/s1. The summed E-state index contributed by atoms with van der Waals surface area (Å²) in [4.78, 5) is 95.9. The molecule has 7 unspecified atom stereocenters. The molecule has 43 heteroatoms. The van der Waals surface area contributed by atoms with Crippen LogP contribution in [-0.2, 0) is 71.0 Å². The molecule has 0 amide bonds. The number of aryl methyl sites for hydroxylation is 1. The molecule has 16 atom stereocenters. The summed E-state index contributed by atoms with van der Waals surface area (Å²) in [6.07, 6.45) is -14.1. The number of methoxy groups -OCH3 is 1. The van der Waals surface area contributed by atoms with Gasteiger partial charge in [-0.2, -0.15) is 13.6 Å². The van der Waals surface area contributed by atoms with Crippen LogP contribution in [0.5, 0.6) is 0 Å². The minimum absolute atomic E-state index is 0.00532. The molecule has 0 saturated carbocycles. The zero-order valence-electron chi connectivity index (χ0n) is 38.9. The lowest BCUT2D eigenvalue weighted by molar-refractivity contribution is -0.752. The predicted molar refractivity (Wildman–Crippen MR) is 244 cm³/mol. The number of hydrogen-bond donors (Lipinski definition) is 13. The molecule has 9 heterocycles. The van der Waals surface area contributed by atoms with Gasteiger partial charge in [-0.15, -0.1) is 0 Å². The lowest BCUT2D eigenvalue weighted by Crippen LogP contribution is -2.53. The molecule has 0 bridgehead atoms. The van der Waals surface area contributed by atoms with Crippen molar-refractivity contribution in [2.75, 3.05) is 44.1 Å². The van der Waals surface area contributed by atoms with Crippen molar-refractivity contribution in [2.45, 2.75) is 80.0 Å². The highest BCUT2D eigenvalue weighted by Gasteiger charge is 2.57. The number of phosphoric ester groups is 3. The number of aromatic amines is 2. The number of fused-ring (bicyclic) bond motifs is 3. The highest BCUT2D eigenvalue weighted by molar-refractivity contribution is 7.66. The van der Waals surface area contributed by atoms with Gasteiger partial charge < -0.3 is 76.1 Å². The number of aliphatic hydroxyl groups is 4. The van der Waals surface area contributed by atoms with E-state index in [2.05, 4.69) is 48.5 Å². The summed E-state index contributed by atoms with van der Waals surface area (Å²) >= 11 is 0. The van der Waals surface area contributed by atoms with Gasteiger partial charge in [0.25, 0.3) is 17.1 Å². The lowest BCUT2D eigenvalue weighted by Gasteiger charge is -2.26. The second-order valence-electron chi connectivity index (χ2n) is 17.1. The Balaban J connectivity index is 0.867. The Morgan fingerprint density at radius 2 is 1.30 bits per heavy atom. The third-order valence-electron chi connectivity index (χ3n) is 12.0. The Bertz CT molecular complexity index is 3520. The zero-order chi connectivity index (χ0) is 55.2. The molecule has 3 aliphatic rings. The fourth-order valence-electron chi connectivity index (χ4n) is 8.55. The van der Waals surface area contributed by atoms with Gasteiger partial charge in [0.05, 0.1) is 39.5 Å². The molecule has 9 rings (SSSR count). The molecule has 3 saturated heterocycles. The number of ether oxygens (including phenoxy) is 4. The smallest absolute Gasteiger partial charge is 0.387 e. The van der Waals surface area contributed by atoms with E-state index in [9.17, 15) is 67.8 Å². The molecule has 0 aliphatic carbocycles. The van der Waals surface area contributed by atoms with Gasteiger partial charge in [0.2, 0.25) is 17.7 Å². The Hall–Kier alpha value is -5.15.